The van der Waals surface area contributed by atoms with Crippen LogP contribution in [0, 0.1) is 0 Å². The maximum absolute atomic E-state index is 12.6. The second-order valence-electron chi connectivity index (χ2n) is 7.01. The zero-order chi connectivity index (χ0) is 19.1. The molecule has 0 saturated carbocycles. The van der Waals surface area contributed by atoms with Crippen molar-refractivity contribution >= 4 is 17.5 Å². The molecule has 0 atom stereocenters. The van der Waals surface area contributed by atoms with E-state index in [9.17, 15) is 9.59 Å². The molecule has 5 rings (SSSR count). The molecule has 0 N–H and O–H groups in total. The normalized spacial score (nSPS) is 17.2. The van der Waals surface area contributed by atoms with E-state index in [1.54, 1.807) is 40.5 Å². The van der Waals surface area contributed by atoms with Crippen molar-refractivity contribution in [3.8, 4) is 11.3 Å². The molecular weight excluding hydrogens is 360 g/mol. The van der Waals surface area contributed by atoms with Gasteiger partial charge in [0.1, 0.15) is 0 Å². The minimum atomic E-state index is -0.169. The second-order valence-corrected chi connectivity index (χ2v) is 7.01. The number of likely N-dealkylation sites (tertiary alicyclic amines) is 1. The van der Waals surface area contributed by atoms with Gasteiger partial charge in [-0.25, -0.2) is 0 Å². The Hall–Kier alpha value is -3.49. The fraction of sp³-hybridized carbons (Fsp3) is 0.316. The van der Waals surface area contributed by atoms with E-state index in [0.29, 0.717) is 25.3 Å². The maximum Gasteiger partial charge on any atom is 0.276 e. The number of nitrogens with zero attached hydrogens (tertiary/aromatic N) is 6. The van der Waals surface area contributed by atoms with Crippen LogP contribution in [0.15, 0.2) is 47.5 Å². The molecule has 0 spiro atoms. The summed E-state index contributed by atoms with van der Waals surface area (Å²) in [5.74, 6) is 0.484. The number of hydrogen-bond acceptors (Lipinski definition) is 6. The molecule has 0 aliphatic carbocycles. The SMILES string of the molecule is O=C(c1cc(-c2cccnc2)on1)N1CC(n2cc(N3CCCC3=O)cn2)C1. The number of amides is 2. The fourth-order valence-electron chi connectivity index (χ4n) is 3.56. The highest BCUT2D eigenvalue weighted by Gasteiger charge is 2.35. The third-order valence-corrected chi connectivity index (χ3v) is 5.17. The van der Waals surface area contributed by atoms with Gasteiger partial charge < -0.3 is 14.3 Å². The topological polar surface area (TPSA) is 97.4 Å². The van der Waals surface area contributed by atoms with Crippen LogP contribution in [0.3, 0.4) is 0 Å². The van der Waals surface area contributed by atoms with Crippen LogP contribution in [0.1, 0.15) is 29.4 Å². The number of rotatable bonds is 4. The first kappa shape index (κ1) is 16.7. The van der Waals surface area contributed by atoms with E-state index in [-0.39, 0.29) is 23.6 Å². The zero-order valence-corrected chi connectivity index (χ0v) is 15.1. The number of pyridine rings is 1. The summed E-state index contributed by atoms with van der Waals surface area (Å²) in [6.45, 7) is 1.83. The molecule has 2 aliphatic heterocycles. The van der Waals surface area contributed by atoms with Crippen molar-refractivity contribution in [2.24, 2.45) is 0 Å². The van der Waals surface area contributed by atoms with Crippen molar-refractivity contribution in [2.75, 3.05) is 24.5 Å². The first-order chi connectivity index (χ1) is 13.7. The molecule has 28 heavy (non-hydrogen) atoms. The van der Waals surface area contributed by atoms with Crippen LogP contribution in [-0.2, 0) is 4.79 Å². The van der Waals surface area contributed by atoms with E-state index in [4.69, 9.17) is 4.52 Å². The standard InChI is InChI=1S/C19H18N6O3/c26-18-4-2-6-24(18)14-9-21-25(12-14)15-10-23(11-15)19(27)16-7-17(28-22-16)13-3-1-5-20-8-13/h1,3,5,7-9,12,15H,2,4,6,10-11H2. The molecule has 2 aliphatic rings. The minimum Gasteiger partial charge on any atom is -0.355 e. The van der Waals surface area contributed by atoms with Gasteiger partial charge >= 0.3 is 0 Å². The van der Waals surface area contributed by atoms with Gasteiger partial charge in [0.05, 0.1) is 17.9 Å². The predicted molar refractivity (Wildman–Crippen MR) is 98.5 cm³/mol. The van der Waals surface area contributed by atoms with Gasteiger partial charge in [-0.2, -0.15) is 5.10 Å². The van der Waals surface area contributed by atoms with E-state index >= 15 is 0 Å². The second kappa shape index (κ2) is 6.59. The molecule has 9 nitrogen and oxygen atoms in total. The third-order valence-electron chi connectivity index (χ3n) is 5.17. The average molecular weight is 378 g/mol. The van der Waals surface area contributed by atoms with E-state index in [1.807, 2.05) is 16.9 Å². The van der Waals surface area contributed by atoms with Crippen molar-refractivity contribution in [3.05, 3.63) is 48.7 Å². The monoisotopic (exact) mass is 378 g/mol. The van der Waals surface area contributed by atoms with E-state index in [0.717, 1.165) is 24.2 Å². The van der Waals surface area contributed by atoms with Crippen LogP contribution in [0.25, 0.3) is 11.3 Å². The molecular formula is C19H18N6O3. The van der Waals surface area contributed by atoms with Gasteiger partial charge in [-0.05, 0) is 18.6 Å². The van der Waals surface area contributed by atoms with Gasteiger partial charge in [0.25, 0.3) is 5.91 Å². The molecule has 3 aromatic heterocycles. The van der Waals surface area contributed by atoms with E-state index in [1.165, 1.54) is 0 Å². The summed E-state index contributed by atoms with van der Waals surface area (Å²) in [4.78, 5) is 32.0. The number of anilines is 1. The van der Waals surface area contributed by atoms with E-state index in [2.05, 4.69) is 15.2 Å². The highest BCUT2D eigenvalue weighted by molar-refractivity contribution is 5.95. The maximum atomic E-state index is 12.6. The summed E-state index contributed by atoms with van der Waals surface area (Å²) < 4.78 is 7.11. The van der Waals surface area contributed by atoms with Crippen molar-refractivity contribution in [2.45, 2.75) is 18.9 Å². The third kappa shape index (κ3) is 2.84. The molecule has 9 heteroatoms. The number of carbonyl (C=O) groups excluding carboxylic acids is 2. The van der Waals surface area contributed by atoms with Gasteiger partial charge in [0.2, 0.25) is 5.91 Å². The molecule has 2 saturated heterocycles. The van der Waals surface area contributed by atoms with Gasteiger partial charge in [-0.15, -0.1) is 0 Å². The largest absolute Gasteiger partial charge is 0.355 e. The first-order valence-corrected chi connectivity index (χ1v) is 9.20. The quantitative estimate of drug-likeness (QED) is 0.686. The lowest BCUT2D eigenvalue weighted by Gasteiger charge is -2.38. The van der Waals surface area contributed by atoms with Crippen molar-refractivity contribution < 1.29 is 14.1 Å². The molecule has 2 fully saturated rings. The Morgan fingerprint density at radius 2 is 2.14 bits per heavy atom. The fourth-order valence-corrected chi connectivity index (χ4v) is 3.56. The van der Waals surface area contributed by atoms with Crippen LogP contribution in [0.2, 0.25) is 0 Å². The first-order valence-electron chi connectivity index (χ1n) is 9.20. The smallest absolute Gasteiger partial charge is 0.276 e. The highest BCUT2D eigenvalue weighted by atomic mass is 16.5. The number of carbonyl (C=O) groups is 2. The Kier molecular flexibility index (Phi) is 3.92. The van der Waals surface area contributed by atoms with Crippen LogP contribution in [0.5, 0.6) is 0 Å². The number of aromatic nitrogens is 4. The Labute approximate surface area is 160 Å². The molecule has 0 bridgehead atoms. The number of hydrogen-bond donors (Lipinski definition) is 0. The Bertz CT molecular complexity index is 1020. The molecule has 3 aromatic rings. The summed E-state index contributed by atoms with van der Waals surface area (Å²) in [5, 5.41) is 8.27. The Morgan fingerprint density at radius 3 is 2.89 bits per heavy atom. The van der Waals surface area contributed by atoms with Crippen LogP contribution in [0.4, 0.5) is 5.69 Å². The van der Waals surface area contributed by atoms with Crippen LogP contribution < -0.4 is 4.90 Å². The summed E-state index contributed by atoms with van der Waals surface area (Å²) in [6.07, 6.45) is 8.41. The molecule has 5 heterocycles. The lowest BCUT2D eigenvalue weighted by atomic mass is 10.1. The Balaban J connectivity index is 1.23. The van der Waals surface area contributed by atoms with Crippen molar-refractivity contribution in [1.82, 2.24) is 24.8 Å². The summed E-state index contributed by atoms with van der Waals surface area (Å²) in [6, 6.07) is 5.38. The van der Waals surface area contributed by atoms with Gasteiger partial charge in [-0.1, -0.05) is 5.16 Å². The van der Waals surface area contributed by atoms with Crippen molar-refractivity contribution in [3.63, 3.8) is 0 Å². The molecule has 0 aromatic carbocycles. The summed E-state index contributed by atoms with van der Waals surface area (Å²) in [7, 11) is 0. The average Bonchev–Trinajstić information content (AvgIpc) is 3.41. The van der Waals surface area contributed by atoms with Gasteiger partial charge in [0.15, 0.2) is 11.5 Å². The van der Waals surface area contributed by atoms with Crippen LogP contribution >= 0.6 is 0 Å². The molecule has 2 amide bonds. The molecule has 0 radical (unpaired) electrons. The van der Waals surface area contributed by atoms with Crippen molar-refractivity contribution in [1.29, 1.82) is 0 Å². The summed E-state index contributed by atoms with van der Waals surface area (Å²) >= 11 is 0. The van der Waals surface area contributed by atoms with E-state index < -0.39 is 0 Å². The van der Waals surface area contributed by atoms with Crippen LogP contribution in [-0.4, -0.2) is 56.3 Å². The minimum absolute atomic E-state index is 0.0973. The lowest BCUT2D eigenvalue weighted by molar-refractivity contribution is -0.117. The molecule has 142 valence electrons. The predicted octanol–water partition coefficient (Wildman–Crippen LogP) is 1.76. The van der Waals surface area contributed by atoms with Gasteiger partial charge in [0, 0.05) is 56.3 Å². The van der Waals surface area contributed by atoms with Gasteiger partial charge in [-0.3, -0.25) is 19.3 Å². The summed E-state index contributed by atoms with van der Waals surface area (Å²) in [5.41, 5.74) is 1.88. The molecule has 0 unspecified atom stereocenters. The Morgan fingerprint density at radius 1 is 1.25 bits per heavy atom. The lowest BCUT2D eigenvalue weighted by Crippen LogP contribution is -2.51. The highest BCUT2D eigenvalue weighted by Crippen LogP contribution is 2.27. The zero-order valence-electron chi connectivity index (χ0n) is 15.1.